The Labute approximate surface area is 134 Å². The molecule has 0 saturated heterocycles. The third-order valence-corrected chi connectivity index (χ3v) is 3.59. The quantitative estimate of drug-likeness (QED) is 0.354. The third-order valence-electron chi connectivity index (χ3n) is 3.59. The molecule has 0 heterocycles. The lowest BCUT2D eigenvalue weighted by atomic mass is 9.75. The van der Waals surface area contributed by atoms with E-state index in [9.17, 15) is 14.4 Å². The summed E-state index contributed by atoms with van der Waals surface area (Å²) in [6, 6.07) is 0. The van der Waals surface area contributed by atoms with Crippen molar-refractivity contribution in [3.8, 4) is 0 Å². The molecule has 23 heavy (non-hydrogen) atoms. The predicted octanol–water partition coefficient (Wildman–Crippen LogP) is -0.284. The van der Waals surface area contributed by atoms with E-state index in [0.717, 1.165) is 6.08 Å². The predicted molar refractivity (Wildman–Crippen MR) is 77.1 cm³/mol. The van der Waals surface area contributed by atoms with Crippen LogP contribution in [0.4, 0.5) is 0 Å². The van der Waals surface area contributed by atoms with Crippen molar-refractivity contribution in [1.29, 1.82) is 0 Å². The summed E-state index contributed by atoms with van der Waals surface area (Å²) in [5.41, 5.74) is -1.80. The number of aliphatic hydroxyl groups is 2. The minimum atomic E-state index is -1.80. The maximum Gasteiger partial charge on any atom is 0.351 e. The molecule has 1 rings (SSSR count). The van der Waals surface area contributed by atoms with Gasteiger partial charge in [0.1, 0.15) is 19.1 Å². The van der Waals surface area contributed by atoms with Crippen LogP contribution >= 0.6 is 0 Å². The molecule has 1 aliphatic rings. The highest BCUT2D eigenvalue weighted by molar-refractivity contribution is 5.92. The molecular formula is C15H22O8. The van der Waals surface area contributed by atoms with Gasteiger partial charge in [0.15, 0.2) is 0 Å². The van der Waals surface area contributed by atoms with E-state index in [-0.39, 0.29) is 32.7 Å². The van der Waals surface area contributed by atoms with Crippen molar-refractivity contribution >= 4 is 17.9 Å². The summed E-state index contributed by atoms with van der Waals surface area (Å²) in [5.74, 6) is -3.52. The Kier molecular flexibility index (Phi) is 7.70. The Morgan fingerprint density at radius 2 is 1.78 bits per heavy atom. The number of carbonyl (C=O) groups excluding carboxylic acids is 3. The van der Waals surface area contributed by atoms with E-state index in [1.54, 1.807) is 0 Å². The number of hydrogen-bond donors (Lipinski definition) is 2. The molecule has 0 bridgehead atoms. The molecule has 2 atom stereocenters. The third kappa shape index (κ3) is 4.77. The molecule has 130 valence electrons. The monoisotopic (exact) mass is 330 g/mol. The van der Waals surface area contributed by atoms with Crippen LogP contribution < -0.4 is 0 Å². The zero-order valence-corrected chi connectivity index (χ0v) is 12.9. The molecule has 1 aliphatic carbocycles. The second-order valence-electron chi connectivity index (χ2n) is 5.06. The molecule has 0 aliphatic heterocycles. The molecule has 8 nitrogen and oxygen atoms in total. The van der Waals surface area contributed by atoms with Crippen LogP contribution in [0, 0.1) is 5.92 Å². The summed E-state index contributed by atoms with van der Waals surface area (Å²) in [7, 11) is 0. The van der Waals surface area contributed by atoms with Crippen LogP contribution in [0.3, 0.4) is 0 Å². The van der Waals surface area contributed by atoms with Crippen LogP contribution in [0.5, 0.6) is 0 Å². The Bertz CT molecular complexity index is 447. The van der Waals surface area contributed by atoms with Gasteiger partial charge in [-0.25, -0.2) is 9.59 Å². The lowest BCUT2D eigenvalue weighted by molar-refractivity contribution is -0.198. The van der Waals surface area contributed by atoms with Crippen molar-refractivity contribution in [2.75, 3.05) is 26.4 Å². The van der Waals surface area contributed by atoms with Crippen molar-refractivity contribution in [2.24, 2.45) is 5.92 Å². The van der Waals surface area contributed by atoms with Gasteiger partial charge in [0, 0.05) is 6.08 Å². The average molecular weight is 330 g/mol. The first kappa shape index (κ1) is 19.1. The van der Waals surface area contributed by atoms with Gasteiger partial charge in [0.2, 0.25) is 5.60 Å². The first-order valence-corrected chi connectivity index (χ1v) is 7.42. The largest absolute Gasteiger partial charge is 0.463 e. The summed E-state index contributed by atoms with van der Waals surface area (Å²) in [5, 5.41) is 17.6. The number of carbonyl (C=O) groups is 3. The van der Waals surface area contributed by atoms with Crippen LogP contribution in [-0.4, -0.2) is 60.1 Å². The molecule has 0 aromatic heterocycles. The van der Waals surface area contributed by atoms with E-state index in [2.05, 4.69) is 6.58 Å². The van der Waals surface area contributed by atoms with Crippen LogP contribution in [0.15, 0.2) is 12.7 Å². The molecule has 0 aromatic rings. The normalized spacial score (nSPS) is 23.7. The van der Waals surface area contributed by atoms with E-state index >= 15 is 0 Å². The Balaban J connectivity index is 3.08. The van der Waals surface area contributed by atoms with Crippen molar-refractivity contribution in [1.82, 2.24) is 0 Å². The molecular weight excluding hydrogens is 308 g/mol. The topological polar surface area (TPSA) is 119 Å². The Hall–Kier alpha value is -1.93. The van der Waals surface area contributed by atoms with Gasteiger partial charge in [-0.2, -0.15) is 0 Å². The van der Waals surface area contributed by atoms with Gasteiger partial charge in [0.05, 0.1) is 13.2 Å². The molecule has 0 amide bonds. The number of esters is 3. The first-order valence-electron chi connectivity index (χ1n) is 7.42. The van der Waals surface area contributed by atoms with E-state index in [0.29, 0.717) is 12.8 Å². The zero-order valence-electron chi connectivity index (χ0n) is 12.9. The number of rotatable bonds is 8. The Morgan fingerprint density at radius 1 is 1.13 bits per heavy atom. The van der Waals surface area contributed by atoms with Gasteiger partial charge in [-0.05, 0) is 19.3 Å². The van der Waals surface area contributed by atoms with Crippen LogP contribution in [-0.2, 0) is 28.6 Å². The lowest BCUT2D eigenvalue weighted by Crippen LogP contribution is -2.55. The lowest BCUT2D eigenvalue weighted by Gasteiger charge is -2.39. The highest BCUT2D eigenvalue weighted by Gasteiger charge is 2.55. The molecule has 0 radical (unpaired) electrons. The maximum absolute atomic E-state index is 12.4. The fourth-order valence-electron chi connectivity index (χ4n) is 2.59. The highest BCUT2D eigenvalue weighted by Crippen LogP contribution is 2.39. The van der Waals surface area contributed by atoms with Crippen LogP contribution in [0.2, 0.25) is 0 Å². The average Bonchev–Trinajstić information content (AvgIpc) is 2.57. The molecule has 0 spiro atoms. The van der Waals surface area contributed by atoms with Gasteiger partial charge in [-0.1, -0.05) is 13.0 Å². The Morgan fingerprint density at radius 3 is 2.39 bits per heavy atom. The molecule has 1 fully saturated rings. The molecule has 8 heteroatoms. The van der Waals surface area contributed by atoms with Gasteiger partial charge < -0.3 is 24.4 Å². The van der Waals surface area contributed by atoms with Crippen molar-refractivity contribution < 1.29 is 38.8 Å². The van der Waals surface area contributed by atoms with E-state index in [1.165, 1.54) is 0 Å². The summed E-state index contributed by atoms with van der Waals surface area (Å²) in [6.45, 7) is 2.05. The summed E-state index contributed by atoms with van der Waals surface area (Å²) in [6.07, 6.45) is 2.49. The fraction of sp³-hybridized carbons (Fsp3) is 0.667. The maximum atomic E-state index is 12.4. The number of aliphatic hydroxyl groups excluding tert-OH is 2. The van der Waals surface area contributed by atoms with Crippen molar-refractivity contribution in [2.45, 2.75) is 31.3 Å². The van der Waals surface area contributed by atoms with Crippen LogP contribution in [0.1, 0.15) is 25.7 Å². The number of hydrogen-bond acceptors (Lipinski definition) is 8. The SMILES string of the molecule is C=CC(=O)OC1(C(=O)OCCO)CCCCC1C(=O)OCCO. The molecule has 1 saturated carbocycles. The smallest absolute Gasteiger partial charge is 0.351 e. The minimum absolute atomic E-state index is 0.107. The summed E-state index contributed by atoms with van der Waals surface area (Å²) < 4.78 is 15.0. The van der Waals surface area contributed by atoms with Gasteiger partial charge in [-0.15, -0.1) is 0 Å². The number of ether oxygens (including phenoxy) is 3. The summed E-state index contributed by atoms with van der Waals surface area (Å²) >= 11 is 0. The second kappa shape index (κ2) is 9.26. The van der Waals surface area contributed by atoms with Gasteiger partial charge in [-0.3, -0.25) is 4.79 Å². The van der Waals surface area contributed by atoms with Gasteiger partial charge >= 0.3 is 17.9 Å². The highest BCUT2D eigenvalue weighted by atomic mass is 16.6. The fourth-order valence-corrected chi connectivity index (χ4v) is 2.59. The molecule has 2 N–H and O–H groups in total. The molecule has 0 aromatic carbocycles. The van der Waals surface area contributed by atoms with Gasteiger partial charge in [0.25, 0.3) is 0 Å². The van der Waals surface area contributed by atoms with E-state index in [4.69, 9.17) is 24.4 Å². The second-order valence-corrected chi connectivity index (χ2v) is 5.06. The molecule has 2 unspecified atom stereocenters. The zero-order chi connectivity index (χ0) is 17.3. The van der Waals surface area contributed by atoms with Crippen molar-refractivity contribution in [3.63, 3.8) is 0 Å². The summed E-state index contributed by atoms with van der Waals surface area (Å²) in [4.78, 5) is 36.3. The van der Waals surface area contributed by atoms with Crippen LogP contribution in [0.25, 0.3) is 0 Å². The first-order chi connectivity index (χ1) is 11.0. The van der Waals surface area contributed by atoms with Crippen molar-refractivity contribution in [3.05, 3.63) is 12.7 Å². The van der Waals surface area contributed by atoms with E-state index < -0.39 is 36.0 Å². The standard InChI is InChI=1S/C15H22O8/c1-2-12(18)23-15(14(20)22-10-8-17)6-4-3-5-11(15)13(19)21-9-7-16/h2,11,16-17H,1,3-10H2. The minimum Gasteiger partial charge on any atom is -0.463 e. The van der Waals surface area contributed by atoms with E-state index in [1.807, 2.05) is 0 Å².